The van der Waals surface area contributed by atoms with Crippen molar-refractivity contribution in [1.29, 1.82) is 5.26 Å². The highest BCUT2D eigenvalue weighted by Gasteiger charge is 2.27. The fraction of sp³-hybridized carbons (Fsp3) is 0.250. The molecular formula is C24H21ClN4O3. The third kappa shape index (κ3) is 4.66. The summed E-state index contributed by atoms with van der Waals surface area (Å²) in [5.74, 6) is 0.273. The van der Waals surface area contributed by atoms with E-state index < -0.39 is 6.09 Å². The topological polar surface area (TPSA) is 99.3 Å². The van der Waals surface area contributed by atoms with Gasteiger partial charge in [-0.15, -0.1) is 0 Å². The second-order valence-electron chi connectivity index (χ2n) is 7.77. The summed E-state index contributed by atoms with van der Waals surface area (Å²) in [6.45, 7) is 3.22. The number of hydrogen-bond donors (Lipinski definition) is 1. The van der Waals surface area contributed by atoms with Gasteiger partial charge in [0, 0.05) is 30.1 Å². The average Bonchev–Trinajstić information content (AvgIpc) is 3.28. The van der Waals surface area contributed by atoms with Gasteiger partial charge in [-0.05, 0) is 25.5 Å². The van der Waals surface area contributed by atoms with Crippen LogP contribution >= 0.6 is 11.6 Å². The molecular weight excluding hydrogens is 428 g/mol. The summed E-state index contributed by atoms with van der Waals surface area (Å²) in [7, 11) is 0. The van der Waals surface area contributed by atoms with Gasteiger partial charge in [-0.2, -0.15) is 5.26 Å². The number of ether oxygens (including phenoxy) is 1. The summed E-state index contributed by atoms with van der Waals surface area (Å²) >= 11 is 6.44. The van der Waals surface area contributed by atoms with E-state index in [1.165, 1.54) is 4.90 Å². The molecule has 1 fully saturated rings. The summed E-state index contributed by atoms with van der Waals surface area (Å²) in [6.07, 6.45) is -0.197. The second kappa shape index (κ2) is 9.25. The van der Waals surface area contributed by atoms with Gasteiger partial charge in [0.25, 0.3) is 5.88 Å². The molecule has 1 aliphatic heterocycles. The van der Waals surface area contributed by atoms with Crippen molar-refractivity contribution >= 4 is 17.7 Å². The first-order valence-corrected chi connectivity index (χ1v) is 10.6. The monoisotopic (exact) mass is 448 g/mol. The van der Waals surface area contributed by atoms with E-state index in [4.69, 9.17) is 26.7 Å². The largest absolute Gasteiger partial charge is 0.475 e. The molecule has 0 spiro atoms. The van der Waals surface area contributed by atoms with Crippen LogP contribution in [0, 0.1) is 24.2 Å². The highest BCUT2D eigenvalue weighted by atomic mass is 35.5. The van der Waals surface area contributed by atoms with E-state index in [-0.39, 0.29) is 17.0 Å². The van der Waals surface area contributed by atoms with Crippen molar-refractivity contribution in [1.82, 2.24) is 14.9 Å². The van der Waals surface area contributed by atoms with Crippen molar-refractivity contribution < 1.29 is 14.6 Å². The number of halogens is 1. The van der Waals surface area contributed by atoms with Crippen LogP contribution in [-0.2, 0) is 0 Å². The minimum Gasteiger partial charge on any atom is -0.475 e. The normalized spacial score (nSPS) is 15.4. The number of carboxylic acid groups (broad SMARTS) is 1. The van der Waals surface area contributed by atoms with E-state index in [1.807, 2.05) is 43.3 Å². The van der Waals surface area contributed by atoms with Gasteiger partial charge in [-0.25, -0.2) is 14.8 Å². The maximum atomic E-state index is 11.1. The Balaban J connectivity index is 1.67. The van der Waals surface area contributed by atoms with Crippen LogP contribution in [0.25, 0.3) is 22.5 Å². The van der Waals surface area contributed by atoms with Gasteiger partial charge in [0.2, 0.25) is 0 Å². The van der Waals surface area contributed by atoms with Crippen LogP contribution in [0.3, 0.4) is 0 Å². The third-order valence-corrected chi connectivity index (χ3v) is 5.69. The summed E-state index contributed by atoms with van der Waals surface area (Å²) in [5, 5.41) is 18.4. The van der Waals surface area contributed by atoms with Gasteiger partial charge in [-0.3, -0.25) is 0 Å². The lowest BCUT2D eigenvalue weighted by molar-refractivity contribution is 0.151. The molecule has 0 radical (unpaired) electrons. The first-order chi connectivity index (χ1) is 15.4. The molecule has 3 aromatic rings. The van der Waals surface area contributed by atoms with Crippen LogP contribution in [0.5, 0.6) is 5.88 Å². The predicted octanol–water partition coefficient (Wildman–Crippen LogP) is 5.02. The molecule has 1 aliphatic rings. The summed E-state index contributed by atoms with van der Waals surface area (Å²) in [4.78, 5) is 21.8. The van der Waals surface area contributed by atoms with Crippen LogP contribution in [-0.4, -0.2) is 45.8 Å². The molecule has 1 N–H and O–H groups in total. The Hall–Kier alpha value is -3.63. The number of nitrogens with zero attached hydrogens (tertiary/aromatic N) is 4. The summed E-state index contributed by atoms with van der Waals surface area (Å²) in [5.41, 5.74) is 4.53. The lowest BCUT2D eigenvalue weighted by atomic mass is 10.0. The highest BCUT2D eigenvalue weighted by Crippen LogP contribution is 2.34. The third-order valence-electron chi connectivity index (χ3n) is 5.45. The number of hydrogen-bond acceptors (Lipinski definition) is 5. The predicted molar refractivity (Wildman–Crippen MR) is 121 cm³/mol. The van der Waals surface area contributed by atoms with E-state index in [2.05, 4.69) is 16.0 Å². The summed E-state index contributed by atoms with van der Waals surface area (Å²) in [6, 6.07) is 17.1. The van der Waals surface area contributed by atoms with Crippen LogP contribution in [0.1, 0.15) is 17.5 Å². The van der Waals surface area contributed by atoms with Crippen LogP contribution < -0.4 is 4.74 Å². The number of rotatable bonds is 5. The minimum atomic E-state index is -0.920. The molecule has 1 aromatic heterocycles. The Kier molecular flexibility index (Phi) is 6.24. The van der Waals surface area contributed by atoms with Crippen molar-refractivity contribution in [3.05, 3.63) is 64.8 Å². The number of likely N-dealkylation sites (tertiary alicyclic amines) is 1. The first-order valence-electron chi connectivity index (χ1n) is 10.2. The lowest BCUT2D eigenvalue weighted by Crippen LogP contribution is -2.27. The van der Waals surface area contributed by atoms with Gasteiger partial charge in [0.1, 0.15) is 5.69 Å². The molecule has 4 rings (SSSR count). The smallest absolute Gasteiger partial charge is 0.407 e. The van der Waals surface area contributed by atoms with E-state index in [0.29, 0.717) is 36.6 Å². The number of nitriles is 1. The van der Waals surface area contributed by atoms with Crippen LogP contribution in [0.2, 0.25) is 5.15 Å². The summed E-state index contributed by atoms with van der Waals surface area (Å²) < 4.78 is 5.89. The number of amides is 1. The zero-order valence-corrected chi connectivity index (χ0v) is 18.2. The second-order valence-corrected chi connectivity index (χ2v) is 8.12. The molecule has 0 aliphatic carbocycles. The molecule has 2 aromatic carbocycles. The van der Waals surface area contributed by atoms with Gasteiger partial charge in [0.05, 0.1) is 23.9 Å². The van der Waals surface area contributed by atoms with Crippen LogP contribution in [0.15, 0.2) is 48.5 Å². The Morgan fingerprint density at radius 3 is 2.38 bits per heavy atom. The van der Waals surface area contributed by atoms with Crippen molar-refractivity contribution in [3.63, 3.8) is 0 Å². The molecule has 32 heavy (non-hydrogen) atoms. The number of aryl methyl sites for hydroxylation is 1. The SMILES string of the molecule is Cc1ccc(-c2nc(Cl)c(OC[C@@H]3CCN(C(=O)O)C3)nc2-c2ccc(C#N)cc2)cc1. The molecule has 0 bridgehead atoms. The maximum Gasteiger partial charge on any atom is 0.407 e. The Morgan fingerprint density at radius 1 is 1.16 bits per heavy atom. The van der Waals surface area contributed by atoms with E-state index >= 15 is 0 Å². The van der Waals surface area contributed by atoms with Crippen molar-refractivity contribution in [3.8, 4) is 34.5 Å². The molecule has 1 amide bonds. The molecule has 0 saturated carbocycles. The van der Waals surface area contributed by atoms with E-state index in [0.717, 1.165) is 23.1 Å². The number of benzene rings is 2. The standard InChI is InChI=1S/C24H21ClN4O3/c1-15-2-6-18(7-3-15)20-21(19-8-4-16(12-26)5-9-19)28-23(22(25)27-20)32-14-17-10-11-29(13-17)24(30)31/h2-9,17H,10-11,13-14H2,1H3,(H,30,31)/t17-/m1/s1. The Labute approximate surface area is 190 Å². The Bertz CT molecular complexity index is 1170. The lowest BCUT2D eigenvalue weighted by Gasteiger charge is -2.16. The average molecular weight is 449 g/mol. The number of aromatic nitrogens is 2. The molecule has 0 unspecified atom stereocenters. The molecule has 7 nitrogen and oxygen atoms in total. The first kappa shape index (κ1) is 21.6. The highest BCUT2D eigenvalue weighted by molar-refractivity contribution is 6.30. The van der Waals surface area contributed by atoms with Gasteiger partial charge >= 0.3 is 6.09 Å². The molecule has 162 valence electrons. The minimum absolute atomic E-state index is 0.0686. The molecule has 2 heterocycles. The van der Waals surface area contributed by atoms with Gasteiger partial charge < -0.3 is 14.7 Å². The van der Waals surface area contributed by atoms with Crippen molar-refractivity contribution in [2.45, 2.75) is 13.3 Å². The van der Waals surface area contributed by atoms with Gasteiger partial charge in [0.15, 0.2) is 5.15 Å². The maximum absolute atomic E-state index is 11.1. The quantitative estimate of drug-likeness (QED) is 0.588. The Morgan fingerprint density at radius 2 is 1.78 bits per heavy atom. The zero-order chi connectivity index (χ0) is 22.7. The zero-order valence-electron chi connectivity index (χ0n) is 17.5. The van der Waals surface area contributed by atoms with E-state index in [9.17, 15) is 4.79 Å². The number of carbonyl (C=O) groups is 1. The van der Waals surface area contributed by atoms with E-state index in [1.54, 1.807) is 12.1 Å². The molecule has 8 heteroatoms. The fourth-order valence-corrected chi connectivity index (χ4v) is 3.83. The van der Waals surface area contributed by atoms with Crippen molar-refractivity contribution in [2.24, 2.45) is 5.92 Å². The van der Waals surface area contributed by atoms with Crippen molar-refractivity contribution in [2.75, 3.05) is 19.7 Å². The fourth-order valence-electron chi connectivity index (χ4n) is 3.65. The molecule has 1 saturated heterocycles. The van der Waals surface area contributed by atoms with Gasteiger partial charge in [-0.1, -0.05) is 53.6 Å². The molecule has 1 atom stereocenters. The van der Waals surface area contributed by atoms with Crippen LogP contribution in [0.4, 0.5) is 4.79 Å².